The summed E-state index contributed by atoms with van der Waals surface area (Å²) in [5.74, 6) is -0.854. The number of nitrogens with one attached hydrogen (secondary N) is 2. The number of quaternary nitrogens is 1. The number of amides is 3. The molecule has 4 atom stereocenters. The summed E-state index contributed by atoms with van der Waals surface area (Å²) in [6.45, 7) is 2.78. The van der Waals surface area contributed by atoms with Crippen molar-refractivity contribution in [3.8, 4) is 0 Å². The van der Waals surface area contributed by atoms with Crippen molar-refractivity contribution in [3.05, 3.63) is 12.2 Å². The lowest BCUT2D eigenvalue weighted by molar-refractivity contribution is -0.824. The Hall–Kier alpha value is -1.93. The van der Waals surface area contributed by atoms with Crippen LogP contribution in [-0.4, -0.2) is 72.8 Å². The van der Waals surface area contributed by atoms with Crippen LogP contribution in [-0.2, 0) is 14.3 Å². The van der Waals surface area contributed by atoms with Crippen molar-refractivity contribution in [2.24, 2.45) is 0 Å². The van der Waals surface area contributed by atoms with Crippen LogP contribution in [0.1, 0.15) is 45.4 Å². The minimum Gasteiger partial charge on any atom is -0.464 e. The van der Waals surface area contributed by atoms with Crippen LogP contribution < -0.4 is 10.2 Å². The molecule has 0 aromatic rings. The van der Waals surface area contributed by atoms with E-state index in [1.54, 1.807) is 18.9 Å². The zero-order chi connectivity index (χ0) is 19.8. The molecule has 152 valence electrons. The fourth-order valence-electron chi connectivity index (χ4n) is 3.62. The number of esters is 1. The van der Waals surface area contributed by atoms with Gasteiger partial charge in [-0.2, -0.15) is 0 Å². The Labute approximate surface area is 160 Å². The molecule has 3 amide bonds. The first-order valence-electron chi connectivity index (χ1n) is 9.85. The maximum atomic E-state index is 12.8. The molecule has 0 bridgehead atoms. The molecule has 1 saturated heterocycles. The number of aliphatic hydroxyl groups is 1. The van der Waals surface area contributed by atoms with Gasteiger partial charge in [-0.1, -0.05) is 12.2 Å². The van der Waals surface area contributed by atoms with Crippen LogP contribution in [0.2, 0.25) is 0 Å². The van der Waals surface area contributed by atoms with Crippen LogP contribution in [0.15, 0.2) is 12.2 Å². The average molecular weight is 382 g/mol. The number of carbonyl (C=O) groups is 3. The highest BCUT2D eigenvalue weighted by atomic mass is 16.5. The van der Waals surface area contributed by atoms with Gasteiger partial charge in [0.25, 0.3) is 5.91 Å². The van der Waals surface area contributed by atoms with Gasteiger partial charge in [-0.25, -0.2) is 14.5 Å². The van der Waals surface area contributed by atoms with E-state index in [0.29, 0.717) is 24.3 Å². The monoisotopic (exact) mass is 382 g/mol. The van der Waals surface area contributed by atoms with Crippen LogP contribution in [0.3, 0.4) is 0 Å². The number of urea groups is 1. The third kappa shape index (κ3) is 6.04. The van der Waals surface area contributed by atoms with Gasteiger partial charge in [0.05, 0.1) is 6.61 Å². The van der Waals surface area contributed by atoms with Gasteiger partial charge in [-0.05, 0) is 39.0 Å². The Morgan fingerprint density at radius 3 is 2.81 bits per heavy atom. The average Bonchev–Trinajstić information content (AvgIpc) is 3.03. The number of allylic oxidation sites excluding steroid dienone is 2. The Morgan fingerprint density at radius 1 is 1.33 bits per heavy atom. The third-order valence-electron chi connectivity index (χ3n) is 5.11. The maximum Gasteiger partial charge on any atom is 0.417 e. The lowest BCUT2D eigenvalue weighted by atomic mass is 10.1. The molecule has 27 heavy (non-hydrogen) atoms. The first kappa shape index (κ1) is 21.4. The van der Waals surface area contributed by atoms with Crippen molar-refractivity contribution in [2.75, 3.05) is 26.7 Å². The Kier molecular flexibility index (Phi) is 8.24. The predicted octanol–water partition coefficient (Wildman–Crippen LogP) is -0.375. The summed E-state index contributed by atoms with van der Waals surface area (Å²) >= 11 is 0. The fraction of sp³-hybridized carbons (Fsp3) is 0.737. The Morgan fingerprint density at radius 2 is 2.07 bits per heavy atom. The molecule has 2 aliphatic rings. The SMILES string of the molecule is CCOC(=O)C1CCC=CCCCCN(C)C(=O)[NH+]2CC(O)CC2C(=O)N1. The quantitative estimate of drug-likeness (QED) is 0.447. The van der Waals surface area contributed by atoms with Gasteiger partial charge < -0.3 is 15.2 Å². The highest BCUT2D eigenvalue weighted by Crippen LogP contribution is 2.08. The van der Waals surface area contributed by atoms with E-state index in [9.17, 15) is 19.5 Å². The molecule has 0 spiro atoms. The molecule has 2 aliphatic heterocycles. The summed E-state index contributed by atoms with van der Waals surface area (Å²) in [6, 6.07) is -1.64. The molecule has 0 radical (unpaired) electrons. The van der Waals surface area contributed by atoms with Crippen LogP contribution in [0.25, 0.3) is 0 Å². The normalized spacial score (nSPS) is 30.9. The van der Waals surface area contributed by atoms with Gasteiger partial charge in [0.1, 0.15) is 18.7 Å². The minimum absolute atomic E-state index is 0.190. The van der Waals surface area contributed by atoms with Gasteiger partial charge in [-0.15, -0.1) is 0 Å². The number of fused-ring (bicyclic) bond motifs is 1. The third-order valence-corrected chi connectivity index (χ3v) is 5.11. The molecule has 1 fully saturated rings. The maximum absolute atomic E-state index is 12.8. The predicted molar refractivity (Wildman–Crippen MR) is 99.1 cm³/mol. The second kappa shape index (κ2) is 10.4. The molecule has 0 aliphatic carbocycles. The summed E-state index contributed by atoms with van der Waals surface area (Å²) < 4.78 is 5.08. The minimum atomic E-state index is -0.751. The standard InChI is InChI=1S/C19H31N3O5/c1-3-27-18(25)15-10-8-6-4-5-7-9-11-21(2)19(26)22-13-14(23)12-16(22)17(24)20-15/h4,6,14-16,23H,3,5,7-13H2,1-2H3,(H,20,24)/p+1. The topological polar surface area (TPSA) is 100 Å². The van der Waals surface area contributed by atoms with Crippen molar-refractivity contribution in [1.82, 2.24) is 10.2 Å². The number of hydrogen-bond acceptors (Lipinski definition) is 5. The molecule has 8 heteroatoms. The number of hydrogen-bond donors (Lipinski definition) is 3. The van der Waals surface area contributed by atoms with E-state index in [2.05, 4.69) is 11.4 Å². The van der Waals surface area contributed by atoms with Crippen molar-refractivity contribution in [3.63, 3.8) is 0 Å². The van der Waals surface area contributed by atoms with E-state index < -0.39 is 24.2 Å². The van der Waals surface area contributed by atoms with Gasteiger partial charge in [0, 0.05) is 20.0 Å². The first-order valence-corrected chi connectivity index (χ1v) is 9.85. The number of carbonyl (C=O) groups excluding carboxylic acids is 3. The van der Waals surface area contributed by atoms with E-state index in [1.807, 2.05) is 6.08 Å². The molecule has 0 aromatic heterocycles. The molecule has 8 nitrogen and oxygen atoms in total. The summed E-state index contributed by atoms with van der Waals surface area (Å²) in [4.78, 5) is 39.8. The first-order chi connectivity index (χ1) is 12.9. The van der Waals surface area contributed by atoms with E-state index in [4.69, 9.17) is 4.74 Å². The van der Waals surface area contributed by atoms with Gasteiger partial charge in [-0.3, -0.25) is 9.69 Å². The van der Waals surface area contributed by atoms with Crippen molar-refractivity contribution in [2.45, 2.75) is 63.6 Å². The molecule has 2 rings (SSSR count). The van der Waals surface area contributed by atoms with Crippen LogP contribution in [0, 0.1) is 0 Å². The zero-order valence-corrected chi connectivity index (χ0v) is 16.3. The summed E-state index contributed by atoms with van der Waals surface area (Å²) in [5, 5.41) is 12.8. The smallest absolute Gasteiger partial charge is 0.417 e. The highest BCUT2D eigenvalue weighted by Gasteiger charge is 2.46. The largest absolute Gasteiger partial charge is 0.464 e. The second-order valence-electron chi connectivity index (χ2n) is 7.26. The van der Waals surface area contributed by atoms with Crippen LogP contribution in [0.4, 0.5) is 4.79 Å². The summed E-state index contributed by atoms with van der Waals surface area (Å²) in [7, 11) is 1.73. The molecule has 4 unspecified atom stereocenters. The number of aliphatic hydroxyl groups excluding tert-OH is 1. The lowest BCUT2D eigenvalue weighted by Gasteiger charge is -2.25. The van der Waals surface area contributed by atoms with Gasteiger partial charge in [0.15, 0.2) is 6.04 Å². The van der Waals surface area contributed by atoms with Crippen molar-refractivity contribution >= 4 is 17.9 Å². The molecule has 2 heterocycles. The highest BCUT2D eigenvalue weighted by molar-refractivity contribution is 5.87. The molecule has 3 N–H and O–H groups in total. The van der Waals surface area contributed by atoms with Crippen LogP contribution in [0.5, 0.6) is 0 Å². The van der Waals surface area contributed by atoms with E-state index in [1.165, 1.54) is 0 Å². The zero-order valence-electron chi connectivity index (χ0n) is 16.3. The van der Waals surface area contributed by atoms with Gasteiger partial charge in [0.2, 0.25) is 0 Å². The van der Waals surface area contributed by atoms with E-state index in [0.717, 1.165) is 19.3 Å². The van der Waals surface area contributed by atoms with Crippen molar-refractivity contribution in [1.29, 1.82) is 0 Å². The molecular weight excluding hydrogens is 350 g/mol. The van der Waals surface area contributed by atoms with E-state index in [-0.39, 0.29) is 31.5 Å². The molecule has 0 aromatic carbocycles. The fourth-order valence-corrected chi connectivity index (χ4v) is 3.62. The Bertz CT molecular complexity index is 566. The Balaban J connectivity index is 2.19. The van der Waals surface area contributed by atoms with Crippen LogP contribution >= 0.6 is 0 Å². The number of ether oxygens (including phenoxy) is 1. The lowest BCUT2D eigenvalue weighted by Crippen LogP contribution is -3.19. The van der Waals surface area contributed by atoms with E-state index >= 15 is 0 Å². The summed E-state index contributed by atoms with van der Waals surface area (Å²) in [6.07, 6.45) is 7.45. The number of rotatable bonds is 2. The number of nitrogens with zero attached hydrogens (tertiary/aromatic N) is 1. The molecule has 0 saturated carbocycles. The second-order valence-corrected chi connectivity index (χ2v) is 7.26. The van der Waals surface area contributed by atoms with Gasteiger partial charge >= 0.3 is 12.0 Å². The molecular formula is C19H32N3O5+. The summed E-state index contributed by atoms with van der Waals surface area (Å²) in [5.41, 5.74) is 0. The van der Waals surface area contributed by atoms with Crippen molar-refractivity contribution < 1.29 is 29.1 Å².